The van der Waals surface area contributed by atoms with E-state index in [9.17, 15) is 4.79 Å². The van der Waals surface area contributed by atoms with Crippen molar-refractivity contribution >= 4 is 16.6 Å². The Labute approximate surface area is 117 Å². The molecule has 1 aromatic heterocycles. The van der Waals surface area contributed by atoms with Crippen molar-refractivity contribution in [2.24, 2.45) is 0 Å². The van der Waals surface area contributed by atoms with Gasteiger partial charge in [-0.2, -0.15) is 0 Å². The van der Waals surface area contributed by atoms with Crippen LogP contribution in [0.5, 0.6) is 0 Å². The van der Waals surface area contributed by atoms with Gasteiger partial charge < -0.3 is 0 Å². The molecule has 1 heterocycles. The van der Waals surface area contributed by atoms with Crippen molar-refractivity contribution in [3.8, 4) is 11.3 Å². The van der Waals surface area contributed by atoms with Crippen molar-refractivity contribution in [3.63, 3.8) is 0 Å². The Morgan fingerprint density at radius 3 is 2.45 bits per heavy atom. The molecule has 0 spiro atoms. The van der Waals surface area contributed by atoms with Crippen molar-refractivity contribution < 1.29 is 4.79 Å². The Morgan fingerprint density at radius 2 is 1.70 bits per heavy atom. The molecule has 0 amide bonds. The Morgan fingerprint density at radius 1 is 0.950 bits per heavy atom. The minimum absolute atomic E-state index is 0.115. The van der Waals surface area contributed by atoms with E-state index in [1.807, 2.05) is 31.2 Å². The van der Waals surface area contributed by atoms with Gasteiger partial charge in [-0.1, -0.05) is 36.4 Å². The fraction of sp³-hybridized carbons (Fsp3) is 0.118. The monoisotopic (exact) mass is 262 g/mol. The van der Waals surface area contributed by atoms with Crippen molar-refractivity contribution in [1.82, 2.24) is 9.97 Å². The van der Waals surface area contributed by atoms with Crippen LogP contribution < -0.4 is 0 Å². The first-order valence-electron chi connectivity index (χ1n) is 6.49. The van der Waals surface area contributed by atoms with Crippen molar-refractivity contribution in [2.75, 3.05) is 0 Å². The molecule has 0 aliphatic carbocycles. The molecule has 98 valence electrons. The summed E-state index contributed by atoms with van der Waals surface area (Å²) in [5, 5.41) is 2.35. The molecule has 0 saturated carbocycles. The first kappa shape index (κ1) is 12.5. The highest BCUT2D eigenvalue weighted by atomic mass is 16.1. The summed E-state index contributed by atoms with van der Waals surface area (Å²) in [4.78, 5) is 20.0. The predicted octanol–water partition coefficient (Wildman–Crippen LogP) is 3.81. The lowest BCUT2D eigenvalue weighted by molar-refractivity contribution is 0.100. The van der Waals surface area contributed by atoms with E-state index in [0.29, 0.717) is 0 Å². The molecule has 0 radical (unpaired) electrons. The molecule has 0 unspecified atom stereocenters. The third kappa shape index (κ3) is 2.30. The number of Topliss-reactive ketones (excluding diaryl/α,β-unsaturated/α-hetero) is 1. The fourth-order valence-corrected chi connectivity index (χ4v) is 2.22. The Bertz CT molecular complexity index is 809. The fourth-order valence-electron chi connectivity index (χ4n) is 2.22. The summed E-state index contributed by atoms with van der Waals surface area (Å²) in [5.74, 6) is 0.156. The zero-order chi connectivity index (χ0) is 14.1. The molecule has 0 aliphatic rings. The van der Waals surface area contributed by atoms with Gasteiger partial charge in [0.2, 0.25) is 0 Å². The number of carbonyl (C=O) groups excluding carboxylic acids is 1. The molecule has 0 bridgehead atoms. The quantitative estimate of drug-likeness (QED) is 0.659. The molecule has 3 rings (SSSR count). The van der Waals surface area contributed by atoms with E-state index in [4.69, 9.17) is 0 Å². The lowest BCUT2D eigenvalue weighted by atomic mass is 10.0. The number of fused-ring (bicyclic) bond motifs is 1. The average Bonchev–Trinajstić information content (AvgIpc) is 2.46. The van der Waals surface area contributed by atoms with Gasteiger partial charge in [0.25, 0.3) is 0 Å². The molecular formula is C17H14N2O. The SMILES string of the molecule is CC(=O)c1nc(C)cc(-c2ccc3ccccc3c2)n1. The van der Waals surface area contributed by atoms with Crippen LogP contribution in [-0.2, 0) is 0 Å². The van der Waals surface area contributed by atoms with Gasteiger partial charge >= 0.3 is 0 Å². The highest BCUT2D eigenvalue weighted by molar-refractivity contribution is 5.91. The summed E-state index contributed by atoms with van der Waals surface area (Å²) in [6.07, 6.45) is 0. The maximum atomic E-state index is 11.5. The van der Waals surface area contributed by atoms with Crippen LogP contribution in [0, 0.1) is 6.92 Å². The summed E-state index contributed by atoms with van der Waals surface area (Å²) in [6, 6.07) is 16.2. The summed E-state index contributed by atoms with van der Waals surface area (Å²) in [7, 11) is 0. The lowest BCUT2D eigenvalue weighted by Gasteiger charge is -2.06. The van der Waals surface area contributed by atoms with Crippen LogP contribution in [0.15, 0.2) is 48.5 Å². The standard InChI is InChI=1S/C17H14N2O/c1-11-9-16(19-17(18-11)12(2)20)15-8-7-13-5-3-4-6-14(13)10-15/h3-10H,1-2H3. The molecule has 3 aromatic rings. The summed E-state index contributed by atoms with van der Waals surface area (Å²) in [5.41, 5.74) is 2.58. The van der Waals surface area contributed by atoms with Crippen LogP contribution in [0.2, 0.25) is 0 Å². The number of benzene rings is 2. The zero-order valence-corrected chi connectivity index (χ0v) is 11.4. The third-order valence-corrected chi connectivity index (χ3v) is 3.21. The topological polar surface area (TPSA) is 42.9 Å². The Kier molecular flexibility index (Phi) is 3.03. The normalized spacial score (nSPS) is 10.7. The molecule has 2 aromatic carbocycles. The van der Waals surface area contributed by atoms with Crippen molar-refractivity contribution in [2.45, 2.75) is 13.8 Å². The largest absolute Gasteiger partial charge is 0.291 e. The van der Waals surface area contributed by atoms with Gasteiger partial charge in [0, 0.05) is 18.2 Å². The average molecular weight is 262 g/mol. The second-order valence-corrected chi connectivity index (χ2v) is 4.84. The number of ketones is 1. The minimum atomic E-state index is -0.115. The van der Waals surface area contributed by atoms with Crippen LogP contribution in [0.4, 0.5) is 0 Å². The lowest BCUT2D eigenvalue weighted by Crippen LogP contribution is -2.03. The highest BCUT2D eigenvalue weighted by Crippen LogP contribution is 2.23. The van der Waals surface area contributed by atoms with Crippen LogP contribution in [0.1, 0.15) is 23.2 Å². The number of aromatic nitrogens is 2. The van der Waals surface area contributed by atoms with E-state index in [-0.39, 0.29) is 11.6 Å². The number of rotatable bonds is 2. The molecule has 20 heavy (non-hydrogen) atoms. The first-order chi connectivity index (χ1) is 9.63. The van der Waals surface area contributed by atoms with Gasteiger partial charge in [-0.05, 0) is 29.8 Å². The van der Waals surface area contributed by atoms with Gasteiger partial charge in [-0.15, -0.1) is 0 Å². The number of nitrogens with zero attached hydrogens (tertiary/aromatic N) is 2. The number of hydrogen-bond acceptors (Lipinski definition) is 3. The molecule has 0 fully saturated rings. The maximum Gasteiger partial charge on any atom is 0.196 e. The van der Waals surface area contributed by atoms with E-state index < -0.39 is 0 Å². The Balaban J connectivity index is 2.17. The van der Waals surface area contributed by atoms with Gasteiger partial charge in [0.1, 0.15) is 0 Å². The van der Waals surface area contributed by atoms with Crippen LogP contribution in [-0.4, -0.2) is 15.8 Å². The number of aryl methyl sites for hydroxylation is 1. The number of carbonyl (C=O) groups is 1. The second kappa shape index (κ2) is 4.85. The molecule has 3 heteroatoms. The molecule has 0 saturated heterocycles. The molecular weight excluding hydrogens is 248 g/mol. The predicted molar refractivity (Wildman–Crippen MR) is 79.7 cm³/mol. The van der Waals surface area contributed by atoms with Crippen molar-refractivity contribution in [3.05, 3.63) is 60.0 Å². The van der Waals surface area contributed by atoms with Crippen LogP contribution >= 0.6 is 0 Å². The van der Waals surface area contributed by atoms with Crippen LogP contribution in [0.25, 0.3) is 22.0 Å². The van der Waals surface area contributed by atoms with Gasteiger partial charge in [-0.3, -0.25) is 4.79 Å². The van der Waals surface area contributed by atoms with Gasteiger partial charge in [0.15, 0.2) is 11.6 Å². The van der Waals surface area contributed by atoms with E-state index >= 15 is 0 Å². The molecule has 3 nitrogen and oxygen atoms in total. The maximum absolute atomic E-state index is 11.5. The molecule has 0 aliphatic heterocycles. The number of hydrogen-bond donors (Lipinski definition) is 0. The zero-order valence-electron chi connectivity index (χ0n) is 11.4. The Hall–Kier alpha value is -2.55. The first-order valence-corrected chi connectivity index (χ1v) is 6.49. The molecule has 0 atom stereocenters. The summed E-state index contributed by atoms with van der Waals surface area (Å²) < 4.78 is 0. The van der Waals surface area contributed by atoms with Crippen LogP contribution in [0.3, 0.4) is 0 Å². The third-order valence-electron chi connectivity index (χ3n) is 3.21. The second-order valence-electron chi connectivity index (χ2n) is 4.84. The minimum Gasteiger partial charge on any atom is -0.291 e. The van der Waals surface area contributed by atoms with E-state index in [1.54, 1.807) is 0 Å². The smallest absolute Gasteiger partial charge is 0.196 e. The van der Waals surface area contributed by atoms with Gasteiger partial charge in [0.05, 0.1) is 5.69 Å². The van der Waals surface area contributed by atoms with E-state index in [1.165, 1.54) is 12.3 Å². The van der Waals surface area contributed by atoms with E-state index in [2.05, 4.69) is 34.2 Å². The molecule has 0 N–H and O–H groups in total. The van der Waals surface area contributed by atoms with Crippen molar-refractivity contribution in [1.29, 1.82) is 0 Å². The highest BCUT2D eigenvalue weighted by Gasteiger charge is 2.08. The van der Waals surface area contributed by atoms with Gasteiger partial charge in [-0.25, -0.2) is 9.97 Å². The summed E-state index contributed by atoms with van der Waals surface area (Å²) in [6.45, 7) is 3.36. The van der Waals surface area contributed by atoms with E-state index in [0.717, 1.165) is 22.3 Å². The summed E-state index contributed by atoms with van der Waals surface area (Å²) >= 11 is 0.